The maximum absolute atomic E-state index is 11.6. The Morgan fingerprint density at radius 3 is 2.27 bits per heavy atom. The number of halogens is 1. The van der Waals surface area contributed by atoms with E-state index in [1.54, 1.807) is 12.1 Å². The van der Waals surface area contributed by atoms with E-state index in [9.17, 15) is 13.2 Å². The molecule has 1 aromatic rings. The third-order valence-corrected chi connectivity index (χ3v) is 5.09. The topological polar surface area (TPSA) is 99.2 Å². The highest BCUT2D eigenvalue weighted by Gasteiger charge is 2.12. The van der Waals surface area contributed by atoms with Gasteiger partial charge in [-0.15, -0.1) is 0 Å². The molecule has 0 atom stereocenters. The number of ether oxygens (including phenoxy) is 1. The van der Waals surface area contributed by atoms with Crippen LogP contribution in [0.15, 0.2) is 35.7 Å². The summed E-state index contributed by atoms with van der Waals surface area (Å²) in [6.07, 6.45) is 0.164. The van der Waals surface area contributed by atoms with E-state index in [-0.39, 0.29) is 19.7 Å². The molecule has 10 heteroatoms. The zero-order chi connectivity index (χ0) is 20.2. The number of nitrogens with one attached hydrogen (secondary N) is 1. The molecule has 148 valence electrons. The number of nitrogens with zero attached hydrogens (tertiary/aromatic N) is 2. The smallest absolute Gasteiger partial charge is 0.407 e. The summed E-state index contributed by atoms with van der Waals surface area (Å²) in [5.74, 6) is 0.654. The molecule has 0 radical (unpaired) electrons. The minimum absolute atomic E-state index is 0.0293. The summed E-state index contributed by atoms with van der Waals surface area (Å²) >= 11 is 2.18. The van der Waals surface area contributed by atoms with E-state index in [1.807, 2.05) is 26.2 Å². The fourth-order valence-corrected chi connectivity index (χ4v) is 2.42. The summed E-state index contributed by atoms with van der Waals surface area (Å²) < 4.78 is 30.7. The van der Waals surface area contributed by atoms with E-state index < -0.39 is 16.1 Å². The number of amides is 1. The first kappa shape index (κ1) is 24.6. The molecule has 0 bridgehead atoms. The SMILES string of the molecule is CN(C)S(=O)(=O)/C=C/CN(CCOc1ccc(I)cc1)C(=O)O.CNC. The molecule has 1 amide bonds. The van der Waals surface area contributed by atoms with Crippen molar-refractivity contribution in [1.29, 1.82) is 0 Å². The summed E-state index contributed by atoms with van der Waals surface area (Å²) in [4.78, 5) is 12.2. The Balaban J connectivity index is 0.00000194. The van der Waals surface area contributed by atoms with Crippen molar-refractivity contribution in [3.8, 4) is 5.75 Å². The quantitative estimate of drug-likeness (QED) is 0.531. The second-order valence-corrected chi connectivity index (χ2v) is 8.51. The monoisotopic (exact) mass is 499 g/mol. The number of rotatable bonds is 8. The second kappa shape index (κ2) is 12.9. The second-order valence-electron chi connectivity index (χ2n) is 5.23. The van der Waals surface area contributed by atoms with Gasteiger partial charge in [0.05, 0.1) is 6.54 Å². The van der Waals surface area contributed by atoms with Gasteiger partial charge in [-0.05, 0) is 61.0 Å². The summed E-state index contributed by atoms with van der Waals surface area (Å²) in [6.45, 7) is 0.285. The lowest BCUT2D eigenvalue weighted by Crippen LogP contribution is -2.33. The highest BCUT2D eigenvalue weighted by Crippen LogP contribution is 2.13. The van der Waals surface area contributed by atoms with Gasteiger partial charge in [0.2, 0.25) is 10.0 Å². The molecule has 1 aromatic carbocycles. The van der Waals surface area contributed by atoms with Gasteiger partial charge in [-0.25, -0.2) is 17.5 Å². The van der Waals surface area contributed by atoms with Crippen LogP contribution in [-0.4, -0.2) is 76.7 Å². The number of sulfonamides is 1. The first-order chi connectivity index (χ1) is 12.1. The van der Waals surface area contributed by atoms with Crippen LogP contribution in [0.1, 0.15) is 0 Å². The van der Waals surface area contributed by atoms with Crippen LogP contribution in [-0.2, 0) is 10.0 Å². The summed E-state index contributed by atoms with van der Waals surface area (Å²) in [5, 5.41) is 12.9. The van der Waals surface area contributed by atoms with Gasteiger partial charge in [0.1, 0.15) is 12.4 Å². The molecule has 0 spiro atoms. The Kier molecular flexibility index (Phi) is 12.2. The van der Waals surface area contributed by atoms with E-state index >= 15 is 0 Å². The fourth-order valence-electron chi connectivity index (χ4n) is 1.48. The molecule has 0 aliphatic rings. The third-order valence-electron chi connectivity index (χ3n) is 2.82. The summed E-state index contributed by atoms with van der Waals surface area (Å²) in [5.41, 5.74) is 0. The molecule has 1 rings (SSSR count). The summed E-state index contributed by atoms with van der Waals surface area (Å²) in [6, 6.07) is 7.38. The molecular weight excluding hydrogens is 473 g/mol. The lowest BCUT2D eigenvalue weighted by atomic mass is 10.3. The molecule has 2 N–H and O–H groups in total. The zero-order valence-corrected chi connectivity index (χ0v) is 18.3. The number of carboxylic acid groups (broad SMARTS) is 1. The summed E-state index contributed by atoms with van der Waals surface area (Å²) in [7, 11) is 3.08. The molecular formula is C16H26IN3O5S. The molecule has 0 aliphatic heterocycles. The van der Waals surface area contributed by atoms with Crippen molar-refractivity contribution >= 4 is 38.7 Å². The molecule has 26 heavy (non-hydrogen) atoms. The van der Waals surface area contributed by atoms with E-state index in [0.717, 1.165) is 18.2 Å². The maximum Gasteiger partial charge on any atom is 0.407 e. The predicted octanol–water partition coefficient (Wildman–Crippen LogP) is 1.89. The van der Waals surface area contributed by atoms with Gasteiger partial charge < -0.3 is 20.1 Å². The highest BCUT2D eigenvalue weighted by molar-refractivity contribution is 14.1. The van der Waals surface area contributed by atoms with Gasteiger partial charge in [0, 0.05) is 29.6 Å². The lowest BCUT2D eigenvalue weighted by molar-refractivity contribution is 0.141. The van der Waals surface area contributed by atoms with Gasteiger partial charge in [0.15, 0.2) is 0 Å². The van der Waals surface area contributed by atoms with Crippen molar-refractivity contribution in [3.05, 3.63) is 39.3 Å². The molecule has 0 saturated heterocycles. The Hall–Kier alpha value is -1.37. The van der Waals surface area contributed by atoms with Crippen LogP contribution in [0, 0.1) is 3.57 Å². The Morgan fingerprint density at radius 2 is 1.81 bits per heavy atom. The van der Waals surface area contributed by atoms with Crippen molar-refractivity contribution in [2.45, 2.75) is 0 Å². The van der Waals surface area contributed by atoms with Crippen molar-refractivity contribution < 1.29 is 23.1 Å². The van der Waals surface area contributed by atoms with Crippen LogP contribution in [0.25, 0.3) is 0 Å². The number of hydrogen-bond donors (Lipinski definition) is 2. The largest absolute Gasteiger partial charge is 0.492 e. The van der Waals surface area contributed by atoms with Crippen LogP contribution < -0.4 is 10.1 Å². The Bertz CT molecular complexity index is 663. The molecule has 0 aromatic heterocycles. The van der Waals surface area contributed by atoms with E-state index in [4.69, 9.17) is 9.84 Å². The van der Waals surface area contributed by atoms with Crippen LogP contribution >= 0.6 is 22.6 Å². The third kappa shape index (κ3) is 10.6. The normalized spacial score (nSPS) is 11.2. The minimum Gasteiger partial charge on any atom is -0.492 e. The van der Waals surface area contributed by atoms with E-state index in [1.165, 1.54) is 20.2 Å². The van der Waals surface area contributed by atoms with Crippen LogP contribution in [0.3, 0.4) is 0 Å². The first-order valence-electron chi connectivity index (χ1n) is 7.67. The van der Waals surface area contributed by atoms with E-state index in [0.29, 0.717) is 5.75 Å². The predicted molar refractivity (Wildman–Crippen MR) is 111 cm³/mol. The molecule has 8 nitrogen and oxygen atoms in total. The standard InChI is InChI=1S/C14H19IN2O5S.C2H7N/c1-16(2)23(20,21)11-3-8-17(14(18)19)9-10-22-13-6-4-12(15)5-7-13;1-3-2/h3-7,11H,8-10H2,1-2H3,(H,18,19);3H,1-2H3/b11-3+;. The Morgan fingerprint density at radius 1 is 1.27 bits per heavy atom. The van der Waals surface area contributed by atoms with E-state index in [2.05, 4.69) is 27.9 Å². The van der Waals surface area contributed by atoms with Crippen molar-refractivity contribution in [1.82, 2.24) is 14.5 Å². The lowest BCUT2D eigenvalue weighted by Gasteiger charge is -2.17. The van der Waals surface area contributed by atoms with Crippen molar-refractivity contribution in [2.75, 3.05) is 47.9 Å². The number of benzene rings is 1. The molecule has 0 aliphatic carbocycles. The molecule has 0 fully saturated rings. The maximum atomic E-state index is 11.6. The average Bonchev–Trinajstić information content (AvgIpc) is 2.55. The minimum atomic E-state index is -3.49. The van der Waals surface area contributed by atoms with Gasteiger partial charge in [0.25, 0.3) is 0 Å². The zero-order valence-electron chi connectivity index (χ0n) is 15.3. The fraction of sp³-hybridized carbons (Fsp3) is 0.438. The van der Waals surface area contributed by atoms with Gasteiger partial charge in [-0.2, -0.15) is 0 Å². The van der Waals surface area contributed by atoms with Crippen molar-refractivity contribution in [3.63, 3.8) is 0 Å². The van der Waals surface area contributed by atoms with Crippen LogP contribution in [0.2, 0.25) is 0 Å². The van der Waals surface area contributed by atoms with Crippen LogP contribution in [0.4, 0.5) is 4.79 Å². The highest BCUT2D eigenvalue weighted by atomic mass is 127. The number of hydrogen-bond acceptors (Lipinski definition) is 5. The average molecular weight is 499 g/mol. The molecule has 0 unspecified atom stereocenters. The number of carbonyl (C=O) groups is 1. The van der Waals surface area contributed by atoms with Gasteiger partial charge >= 0.3 is 6.09 Å². The van der Waals surface area contributed by atoms with Gasteiger partial charge in [-0.3, -0.25) is 0 Å². The molecule has 0 saturated carbocycles. The first-order valence-corrected chi connectivity index (χ1v) is 10.3. The Labute approximate surface area is 169 Å². The molecule has 0 heterocycles. The van der Waals surface area contributed by atoms with Crippen LogP contribution in [0.5, 0.6) is 5.75 Å². The van der Waals surface area contributed by atoms with Crippen molar-refractivity contribution in [2.24, 2.45) is 0 Å². The van der Waals surface area contributed by atoms with Gasteiger partial charge in [-0.1, -0.05) is 6.08 Å².